The Kier molecular flexibility index (Phi) is 6.59. The molecule has 0 radical (unpaired) electrons. The first-order valence-electron chi connectivity index (χ1n) is 9.83. The van der Waals surface area contributed by atoms with Gasteiger partial charge in [0.05, 0.1) is 17.4 Å². The molecule has 0 saturated carbocycles. The van der Waals surface area contributed by atoms with Crippen molar-refractivity contribution in [2.45, 2.75) is 38.5 Å². The number of esters is 1. The molecule has 0 aromatic heterocycles. The number of benzene rings is 2. The third kappa shape index (κ3) is 4.97. The van der Waals surface area contributed by atoms with Crippen molar-refractivity contribution >= 4 is 16.0 Å². The van der Waals surface area contributed by atoms with Crippen LogP contribution in [0.5, 0.6) is 11.5 Å². The van der Waals surface area contributed by atoms with Gasteiger partial charge >= 0.3 is 5.97 Å². The Bertz CT molecular complexity index is 961. The van der Waals surface area contributed by atoms with Gasteiger partial charge in [0.2, 0.25) is 10.0 Å². The van der Waals surface area contributed by atoms with E-state index in [2.05, 4.69) is 0 Å². The summed E-state index contributed by atoms with van der Waals surface area (Å²) in [5.74, 6) is 0.599. The molecule has 6 nitrogen and oxygen atoms in total. The van der Waals surface area contributed by atoms with Crippen molar-refractivity contribution in [1.82, 2.24) is 4.31 Å². The molecule has 0 spiro atoms. The van der Waals surface area contributed by atoms with Gasteiger partial charge in [-0.1, -0.05) is 17.7 Å². The number of piperidine rings is 1. The van der Waals surface area contributed by atoms with Crippen molar-refractivity contribution in [3.8, 4) is 11.5 Å². The molecule has 0 aliphatic carbocycles. The van der Waals surface area contributed by atoms with E-state index in [1.807, 2.05) is 32.9 Å². The molecule has 7 heteroatoms. The van der Waals surface area contributed by atoms with E-state index in [0.717, 1.165) is 11.1 Å². The van der Waals surface area contributed by atoms with E-state index in [1.165, 1.54) is 4.31 Å². The van der Waals surface area contributed by atoms with Gasteiger partial charge in [0.1, 0.15) is 11.5 Å². The number of hydrogen-bond donors (Lipinski definition) is 0. The van der Waals surface area contributed by atoms with E-state index >= 15 is 0 Å². The first-order valence-corrected chi connectivity index (χ1v) is 11.3. The maximum Gasteiger partial charge on any atom is 0.314 e. The monoisotopic (exact) mass is 417 g/mol. The Labute approximate surface area is 172 Å². The second kappa shape index (κ2) is 8.97. The summed E-state index contributed by atoms with van der Waals surface area (Å²) in [5, 5.41) is 0. The van der Waals surface area contributed by atoms with Crippen molar-refractivity contribution in [3.63, 3.8) is 0 Å². The molecule has 0 amide bonds. The molecule has 0 N–H and O–H groups in total. The summed E-state index contributed by atoms with van der Waals surface area (Å²) in [6.07, 6.45) is 0.889. The highest BCUT2D eigenvalue weighted by Crippen LogP contribution is 2.27. The zero-order chi connectivity index (χ0) is 21.0. The van der Waals surface area contributed by atoms with Gasteiger partial charge in [-0.05, 0) is 69.5 Å². The predicted octanol–water partition coefficient (Wildman–Crippen LogP) is 3.71. The lowest BCUT2D eigenvalue weighted by molar-refractivity contribution is -0.140. The Hall–Kier alpha value is -2.38. The van der Waals surface area contributed by atoms with Crippen LogP contribution in [0.2, 0.25) is 0 Å². The molecule has 2 aromatic carbocycles. The van der Waals surface area contributed by atoms with Gasteiger partial charge < -0.3 is 9.47 Å². The second-order valence-electron chi connectivity index (χ2n) is 7.27. The third-order valence-corrected chi connectivity index (χ3v) is 7.01. The zero-order valence-corrected chi connectivity index (χ0v) is 17.9. The molecule has 3 rings (SSSR count). The van der Waals surface area contributed by atoms with Crippen molar-refractivity contribution in [2.24, 2.45) is 5.92 Å². The molecule has 0 atom stereocenters. The van der Waals surface area contributed by atoms with Gasteiger partial charge in [0.15, 0.2) is 0 Å². The molecule has 1 saturated heterocycles. The lowest BCUT2D eigenvalue weighted by atomic mass is 9.98. The Morgan fingerprint density at radius 3 is 2.31 bits per heavy atom. The van der Waals surface area contributed by atoms with Gasteiger partial charge in [0, 0.05) is 13.1 Å². The van der Waals surface area contributed by atoms with Crippen LogP contribution in [0.15, 0.2) is 47.4 Å². The van der Waals surface area contributed by atoms with E-state index in [1.54, 1.807) is 30.3 Å². The minimum Gasteiger partial charge on any atom is -0.494 e. The van der Waals surface area contributed by atoms with Crippen LogP contribution in [-0.4, -0.2) is 38.4 Å². The van der Waals surface area contributed by atoms with Gasteiger partial charge in [-0.15, -0.1) is 0 Å². The minimum absolute atomic E-state index is 0.234. The highest BCUT2D eigenvalue weighted by Gasteiger charge is 2.33. The van der Waals surface area contributed by atoms with E-state index in [-0.39, 0.29) is 16.8 Å². The molecule has 1 aliphatic rings. The molecule has 0 bridgehead atoms. The standard InChI is InChI=1S/C22H27NO5S/c1-4-27-19-6-8-20(9-7-19)29(25,26)23-13-11-18(12-14-23)22(24)28-21-10-5-16(2)15-17(21)3/h5-10,15,18H,4,11-14H2,1-3H3. The van der Waals surface area contributed by atoms with Gasteiger partial charge in [-0.2, -0.15) is 4.31 Å². The molecule has 156 valence electrons. The van der Waals surface area contributed by atoms with Gasteiger partial charge in [-0.25, -0.2) is 8.42 Å². The molecule has 29 heavy (non-hydrogen) atoms. The van der Waals surface area contributed by atoms with Crippen molar-refractivity contribution < 1.29 is 22.7 Å². The molecule has 1 aliphatic heterocycles. The number of ether oxygens (including phenoxy) is 2. The van der Waals surface area contributed by atoms with Crippen LogP contribution in [0.4, 0.5) is 0 Å². The van der Waals surface area contributed by atoms with Crippen molar-refractivity contribution in [1.29, 1.82) is 0 Å². The average molecular weight is 418 g/mol. The van der Waals surface area contributed by atoms with Crippen LogP contribution in [0, 0.1) is 19.8 Å². The average Bonchev–Trinajstić information content (AvgIpc) is 2.71. The fourth-order valence-electron chi connectivity index (χ4n) is 3.46. The smallest absolute Gasteiger partial charge is 0.314 e. The van der Waals surface area contributed by atoms with Crippen LogP contribution in [-0.2, 0) is 14.8 Å². The lowest BCUT2D eigenvalue weighted by Crippen LogP contribution is -2.41. The molecule has 2 aromatic rings. The highest BCUT2D eigenvalue weighted by atomic mass is 32.2. The van der Waals surface area contributed by atoms with E-state index < -0.39 is 10.0 Å². The van der Waals surface area contributed by atoms with Crippen LogP contribution in [0.25, 0.3) is 0 Å². The van der Waals surface area contributed by atoms with Crippen molar-refractivity contribution in [3.05, 3.63) is 53.6 Å². The number of sulfonamides is 1. The van der Waals surface area contributed by atoms with E-state index in [0.29, 0.717) is 44.0 Å². The van der Waals surface area contributed by atoms with Gasteiger partial charge in [-0.3, -0.25) is 4.79 Å². The first kappa shape index (κ1) is 21.3. The summed E-state index contributed by atoms with van der Waals surface area (Å²) in [5.41, 5.74) is 2.02. The van der Waals surface area contributed by atoms with Gasteiger partial charge in [0.25, 0.3) is 0 Å². The summed E-state index contributed by atoms with van der Waals surface area (Å²) in [7, 11) is -3.59. The predicted molar refractivity (Wildman–Crippen MR) is 111 cm³/mol. The molecule has 1 fully saturated rings. The molecular formula is C22H27NO5S. The zero-order valence-electron chi connectivity index (χ0n) is 17.1. The second-order valence-corrected chi connectivity index (χ2v) is 9.21. The molecular weight excluding hydrogens is 390 g/mol. The maximum atomic E-state index is 12.9. The largest absolute Gasteiger partial charge is 0.494 e. The molecule has 1 heterocycles. The highest BCUT2D eigenvalue weighted by molar-refractivity contribution is 7.89. The Morgan fingerprint density at radius 1 is 1.07 bits per heavy atom. The quantitative estimate of drug-likeness (QED) is 0.529. The SMILES string of the molecule is CCOc1ccc(S(=O)(=O)N2CCC(C(=O)Oc3ccc(C)cc3C)CC2)cc1. The van der Waals surface area contributed by atoms with Crippen LogP contribution in [0.3, 0.4) is 0 Å². The Morgan fingerprint density at radius 2 is 1.72 bits per heavy atom. The minimum atomic E-state index is -3.59. The summed E-state index contributed by atoms with van der Waals surface area (Å²) in [4.78, 5) is 12.8. The Balaban J connectivity index is 1.61. The fourth-order valence-corrected chi connectivity index (χ4v) is 4.93. The van der Waals surface area contributed by atoms with E-state index in [9.17, 15) is 13.2 Å². The third-order valence-electron chi connectivity index (χ3n) is 5.10. The number of hydrogen-bond acceptors (Lipinski definition) is 5. The lowest BCUT2D eigenvalue weighted by Gasteiger charge is -2.30. The summed E-state index contributed by atoms with van der Waals surface area (Å²) in [6, 6.07) is 12.1. The first-order chi connectivity index (χ1) is 13.8. The van der Waals surface area contributed by atoms with Crippen molar-refractivity contribution in [2.75, 3.05) is 19.7 Å². The normalized spacial score (nSPS) is 15.8. The number of carbonyl (C=O) groups excluding carboxylic acids is 1. The summed E-state index contributed by atoms with van der Waals surface area (Å²) < 4.78 is 38.1. The van der Waals surface area contributed by atoms with E-state index in [4.69, 9.17) is 9.47 Å². The number of rotatable bonds is 6. The summed E-state index contributed by atoms with van der Waals surface area (Å²) in [6.45, 7) is 6.88. The number of nitrogens with zero attached hydrogens (tertiary/aromatic N) is 1. The van der Waals surface area contributed by atoms with Crippen LogP contribution in [0.1, 0.15) is 30.9 Å². The molecule has 0 unspecified atom stereocenters. The fraction of sp³-hybridized carbons (Fsp3) is 0.409. The van der Waals surface area contributed by atoms with Crippen LogP contribution >= 0.6 is 0 Å². The summed E-state index contributed by atoms with van der Waals surface area (Å²) >= 11 is 0. The maximum absolute atomic E-state index is 12.9. The number of aryl methyl sites for hydroxylation is 2. The number of carbonyl (C=O) groups is 1. The topological polar surface area (TPSA) is 72.9 Å². The van der Waals surface area contributed by atoms with Crippen LogP contribution < -0.4 is 9.47 Å².